The summed E-state index contributed by atoms with van der Waals surface area (Å²) >= 11 is 1.51. The summed E-state index contributed by atoms with van der Waals surface area (Å²) in [4.78, 5) is 41.2. The normalized spacial score (nSPS) is 18.8. The Balaban J connectivity index is 1.54. The first-order valence-corrected chi connectivity index (χ1v) is 12.4. The van der Waals surface area contributed by atoms with E-state index in [1.165, 1.54) is 23.5 Å². The van der Waals surface area contributed by atoms with Gasteiger partial charge in [-0.05, 0) is 61.0 Å². The van der Waals surface area contributed by atoms with Gasteiger partial charge in [-0.15, -0.1) is 11.3 Å². The standard InChI is InChI=1S/C27H28FN3O3S/c1-17-4-10-21(11-5-17)31-24(32)13-12-22(25(31)23-3-2-14-35-23)27(34)30-16-19(26(29)33)15-18-6-8-20(28)9-7-18/h2-11,14,19,22,25H,12-13,15-16H2,1H3,(H2,29,33)(H,30,34). The molecular weight excluding hydrogens is 465 g/mol. The largest absolute Gasteiger partial charge is 0.369 e. The Morgan fingerprint density at radius 1 is 1.14 bits per heavy atom. The van der Waals surface area contributed by atoms with E-state index in [1.807, 2.05) is 48.7 Å². The molecule has 1 aromatic heterocycles. The molecule has 3 unspecified atom stereocenters. The summed E-state index contributed by atoms with van der Waals surface area (Å²) < 4.78 is 13.2. The number of nitrogens with one attached hydrogen (secondary N) is 1. The molecule has 2 aromatic carbocycles. The van der Waals surface area contributed by atoms with E-state index in [0.29, 0.717) is 12.8 Å². The van der Waals surface area contributed by atoms with Crippen molar-refractivity contribution >= 4 is 34.7 Å². The van der Waals surface area contributed by atoms with Crippen LogP contribution < -0.4 is 16.0 Å². The predicted octanol–water partition coefficient (Wildman–Crippen LogP) is 4.14. The Bertz CT molecular complexity index is 1180. The topological polar surface area (TPSA) is 92.5 Å². The number of nitrogens with two attached hydrogens (primary N) is 1. The molecule has 0 bridgehead atoms. The third kappa shape index (κ3) is 5.77. The molecule has 8 heteroatoms. The molecule has 1 aliphatic heterocycles. The molecule has 182 valence electrons. The number of hydrogen-bond donors (Lipinski definition) is 2. The van der Waals surface area contributed by atoms with Gasteiger partial charge >= 0.3 is 0 Å². The number of primary amides is 1. The van der Waals surface area contributed by atoms with Crippen LogP contribution in [0.4, 0.5) is 10.1 Å². The summed E-state index contributed by atoms with van der Waals surface area (Å²) in [6, 6.07) is 17.0. The first-order valence-electron chi connectivity index (χ1n) is 11.6. The third-order valence-electron chi connectivity index (χ3n) is 6.40. The van der Waals surface area contributed by atoms with Crippen LogP contribution in [0.3, 0.4) is 0 Å². The van der Waals surface area contributed by atoms with Gasteiger partial charge in [0.25, 0.3) is 0 Å². The van der Waals surface area contributed by atoms with Crippen molar-refractivity contribution in [3.05, 3.63) is 87.9 Å². The van der Waals surface area contributed by atoms with Gasteiger partial charge in [0.2, 0.25) is 17.7 Å². The van der Waals surface area contributed by atoms with Crippen LogP contribution in [0.1, 0.15) is 34.9 Å². The summed E-state index contributed by atoms with van der Waals surface area (Å²) in [5, 5.41) is 4.84. The summed E-state index contributed by atoms with van der Waals surface area (Å²) in [6.45, 7) is 2.05. The summed E-state index contributed by atoms with van der Waals surface area (Å²) in [7, 11) is 0. The lowest BCUT2D eigenvalue weighted by Gasteiger charge is -2.40. The minimum Gasteiger partial charge on any atom is -0.369 e. The lowest BCUT2D eigenvalue weighted by atomic mass is 9.86. The maximum absolute atomic E-state index is 13.4. The highest BCUT2D eigenvalue weighted by molar-refractivity contribution is 7.10. The fraction of sp³-hybridized carbons (Fsp3) is 0.296. The Morgan fingerprint density at radius 3 is 2.49 bits per heavy atom. The van der Waals surface area contributed by atoms with Gasteiger partial charge in [0.1, 0.15) is 5.82 Å². The molecule has 0 saturated carbocycles. The highest BCUT2D eigenvalue weighted by Gasteiger charge is 2.42. The molecular formula is C27H28FN3O3S. The minimum atomic E-state index is -0.636. The van der Waals surface area contributed by atoms with Crippen molar-refractivity contribution in [3.8, 4) is 0 Å². The highest BCUT2D eigenvalue weighted by atomic mass is 32.1. The average molecular weight is 494 g/mol. The molecule has 3 N–H and O–H groups in total. The number of benzene rings is 2. The molecule has 1 saturated heterocycles. The van der Waals surface area contributed by atoms with Gasteiger partial charge in [-0.3, -0.25) is 14.4 Å². The molecule has 3 atom stereocenters. The second-order valence-electron chi connectivity index (χ2n) is 8.88. The lowest BCUT2D eigenvalue weighted by molar-refractivity contribution is -0.129. The summed E-state index contributed by atoms with van der Waals surface area (Å²) in [5.74, 6) is -2.26. The number of anilines is 1. The maximum Gasteiger partial charge on any atom is 0.227 e. The van der Waals surface area contributed by atoms with Crippen molar-refractivity contribution in [2.24, 2.45) is 17.6 Å². The molecule has 6 nitrogen and oxygen atoms in total. The van der Waals surface area contributed by atoms with E-state index in [-0.39, 0.29) is 30.6 Å². The summed E-state index contributed by atoms with van der Waals surface area (Å²) in [5.41, 5.74) is 8.19. The number of amides is 3. The van der Waals surface area contributed by atoms with Crippen molar-refractivity contribution in [2.75, 3.05) is 11.4 Å². The molecule has 0 aliphatic carbocycles. The Morgan fingerprint density at radius 2 is 1.86 bits per heavy atom. The van der Waals surface area contributed by atoms with Gasteiger partial charge < -0.3 is 16.0 Å². The average Bonchev–Trinajstić information content (AvgIpc) is 3.38. The second kappa shape index (κ2) is 10.8. The number of halogens is 1. The van der Waals surface area contributed by atoms with Crippen molar-refractivity contribution in [1.29, 1.82) is 0 Å². The molecule has 4 rings (SSSR count). The molecule has 2 heterocycles. The lowest BCUT2D eigenvalue weighted by Crippen LogP contribution is -2.49. The number of carbonyl (C=O) groups excluding carboxylic acids is 3. The van der Waals surface area contributed by atoms with Crippen LogP contribution in [0, 0.1) is 24.6 Å². The van der Waals surface area contributed by atoms with Gasteiger partial charge in [-0.1, -0.05) is 35.9 Å². The second-order valence-corrected chi connectivity index (χ2v) is 9.86. The van der Waals surface area contributed by atoms with Crippen LogP contribution in [0.5, 0.6) is 0 Å². The van der Waals surface area contributed by atoms with E-state index in [0.717, 1.165) is 21.7 Å². The zero-order valence-corrected chi connectivity index (χ0v) is 20.3. The van der Waals surface area contributed by atoms with Crippen LogP contribution in [0.25, 0.3) is 0 Å². The van der Waals surface area contributed by atoms with Gasteiger partial charge in [0.15, 0.2) is 0 Å². The molecule has 3 aromatic rings. The number of hydrogen-bond acceptors (Lipinski definition) is 4. The fourth-order valence-electron chi connectivity index (χ4n) is 4.50. The Labute approximate surface area is 207 Å². The molecule has 0 radical (unpaired) electrons. The zero-order chi connectivity index (χ0) is 24.9. The van der Waals surface area contributed by atoms with E-state index in [1.54, 1.807) is 17.0 Å². The van der Waals surface area contributed by atoms with Crippen molar-refractivity contribution in [3.63, 3.8) is 0 Å². The SMILES string of the molecule is Cc1ccc(N2C(=O)CCC(C(=O)NCC(Cc3ccc(F)cc3)C(N)=O)C2c2cccs2)cc1. The smallest absolute Gasteiger partial charge is 0.227 e. The van der Waals surface area contributed by atoms with Gasteiger partial charge in [0.05, 0.1) is 17.9 Å². The number of carbonyl (C=O) groups is 3. The maximum atomic E-state index is 13.4. The molecule has 1 aliphatic rings. The molecule has 1 fully saturated rings. The zero-order valence-electron chi connectivity index (χ0n) is 19.4. The van der Waals surface area contributed by atoms with Gasteiger partial charge in [0, 0.05) is 23.5 Å². The van der Waals surface area contributed by atoms with E-state index in [2.05, 4.69) is 5.32 Å². The molecule has 35 heavy (non-hydrogen) atoms. The van der Waals surface area contributed by atoms with Crippen LogP contribution in [-0.4, -0.2) is 24.3 Å². The number of aryl methyl sites for hydroxylation is 1. The first kappa shape index (κ1) is 24.6. The van der Waals surface area contributed by atoms with E-state index in [4.69, 9.17) is 5.73 Å². The van der Waals surface area contributed by atoms with Crippen molar-refractivity contribution < 1.29 is 18.8 Å². The molecule has 3 amide bonds. The monoisotopic (exact) mass is 493 g/mol. The van der Waals surface area contributed by atoms with Crippen molar-refractivity contribution in [1.82, 2.24) is 5.32 Å². The van der Waals surface area contributed by atoms with E-state index in [9.17, 15) is 18.8 Å². The molecule has 0 spiro atoms. The highest BCUT2D eigenvalue weighted by Crippen LogP contribution is 2.41. The van der Waals surface area contributed by atoms with E-state index >= 15 is 0 Å². The quantitative estimate of drug-likeness (QED) is 0.494. The van der Waals surface area contributed by atoms with Crippen LogP contribution in [0.2, 0.25) is 0 Å². The number of thiophene rings is 1. The Kier molecular flexibility index (Phi) is 7.60. The number of nitrogens with zero attached hydrogens (tertiary/aromatic N) is 1. The van der Waals surface area contributed by atoms with Crippen molar-refractivity contribution in [2.45, 2.75) is 32.2 Å². The number of piperidine rings is 1. The van der Waals surface area contributed by atoms with Crippen LogP contribution >= 0.6 is 11.3 Å². The summed E-state index contributed by atoms with van der Waals surface area (Å²) in [6.07, 6.45) is 0.959. The van der Waals surface area contributed by atoms with Crippen LogP contribution in [0.15, 0.2) is 66.0 Å². The van der Waals surface area contributed by atoms with Crippen LogP contribution in [-0.2, 0) is 20.8 Å². The van der Waals surface area contributed by atoms with E-state index < -0.39 is 23.8 Å². The first-order chi connectivity index (χ1) is 16.8. The third-order valence-corrected chi connectivity index (χ3v) is 7.34. The fourth-order valence-corrected chi connectivity index (χ4v) is 5.38. The van der Waals surface area contributed by atoms with Gasteiger partial charge in [-0.25, -0.2) is 4.39 Å². The Hall–Kier alpha value is -3.52. The van der Waals surface area contributed by atoms with Gasteiger partial charge in [-0.2, -0.15) is 0 Å². The number of rotatable bonds is 8. The predicted molar refractivity (Wildman–Crippen MR) is 134 cm³/mol. The minimum absolute atomic E-state index is 0.0253.